The molecule has 1 atom stereocenters. The van der Waals surface area contributed by atoms with Crippen molar-refractivity contribution in [3.05, 3.63) is 35.5 Å². The van der Waals surface area contributed by atoms with E-state index in [2.05, 4.69) is 12.3 Å². The molecule has 1 aromatic rings. The average Bonchev–Trinajstić information content (AvgIpc) is 2.80. The van der Waals surface area contributed by atoms with Crippen LogP contribution in [0.5, 0.6) is 0 Å². The van der Waals surface area contributed by atoms with Crippen LogP contribution in [0, 0.1) is 0 Å². The minimum Gasteiger partial charge on any atom is -0.501 e. The maximum absolute atomic E-state index is 5.63. The summed E-state index contributed by atoms with van der Waals surface area (Å²) in [6, 6.07) is 1.98. The third-order valence-corrected chi connectivity index (χ3v) is 2.91. The summed E-state index contributed by atoms with van der Waals surface area (Å²) in [5, 5.41) is 0. The molecule has 2 rings (SSSR count). The molecule has 16 heavy (non-hydrogen) atoms. The first-order valence-corrected chi connectivity index (χ1v) is 5.69. The van der Waals surface area contributed by atoms with Gasteiger partial charge in [0.1, 0.15) is 5.76 Å². The zero-order valence-corrected chi connectivity index (χ0v) is 9.53. The van der Waals surface area contributed by atoms with Crippen LogP contribution in [0.3, 0.4) is 0 Å². The zero-order chi connectivity index (χ0) is 11.4. The predicted molar refractivity (Wildman–Crippen MR) is 61.4 cm³/mol. The topological polar surface area (TPSA) is 60.4 Å². The monoisotopic (exact) mass is 222 g/mol. The molecule has 1 aliphatic heterocycles. The first-order chi connectivity index (χ1) is 7.86. The van der Waals surface area contributed by atoms with Crippen molar-refractivity contribution < 1.29 is 9.15 Å². The molecular weight excluding hydrogens is 204 g/mol. The van der Waals surface area contributed by atoms with Crippen molar-refractivity contribution in [1.82, 2.24) is 5.43 Å². The lowest BCUT2D eigenvalue weighted by molar-refractivity contribution is 0.219. The van der Waals surface area contributed by atoms with Gasteiger partial charge in [-0.3, -0.25) is 5.84 Å². The lowest BCUT2D eigenvalue weighted by Gasteiger charge is -2.22. The van der Waals surface area contributed by atoms with E-state index in [0.29, 0.717) is 0 Å². The Kier molecular flexibility index (Phi) is 3.64. The van der Waals surface area contributed by atoms with E-state index in [1.54, 1.807) is 6.26 Å². The molecule has 0 amide bonds. The number of hydrogen-bond acceptors (Lipinski definition) is 4. The second-order valence-corrected chi connectivity index (χ2v) is 3.92. The first-order valence-electron chi connectivity index (χ1n) is 5.69. The fraction of sp³-hybridized carbons (Fsp3) is 0.500. The Labute approximate surface area is 95.4 Å². The van der Waals surface area contributed by atoms with E-state index in [9.17, 15) is 0 Å². The molecule has 0 aromatic carbocycles. The number of hydrazine groups is 1. The SMILES string of the molecule is CCc1occc1C(NN)C1=COCCC1. The second kappa shape index (κ2) is 5.18. The van der Waals surface area contributed by atoms with Crippen LogP contribution in [-0.4, -0.2) is 6.61 Å². The van der Waals surface area contributed by atoms with Crippen molar-refractivity contribution >= 4 is 0 Å². The maximum Gasteiger partial charge on any atom is 0.108 e. The number of ether oxygens (including phenoxy) is 1. The Hall–Kier alpha value is -1.26. The number of nitrogens with two attached hydrogens (primary N) is 1. The molecule has 88 valence electrons. The molecule has 2 heterocycles. The van der Waals surface area contributed by atoms with E-state index in [1.165, 1.54) is 5.57 Å². The van der Waals surface area contributed by atoms with Gasteiger partial charge in [-0.25, -0.2) is 5.43 Å². The van der Waals surface area contributed by atoms with Gasteiger partial charge >= 0.3 is 0 Å². The molecule has 1 aliphatic rings. The van der Waals surface area contributed by atoms with Gasteiger partial charge in [-0.1, -0.05) is 6.92 Å². The number of hydrogen-bond donors (Lipinski definition) is 2. The lowest BCUT2D eigenvalue weighted by atomic mass is 9.95. The zero-order valence-electron chi connectivity index (χ0n) is 9.53. The maximum atomic E-state index is 5.63. The highest BCUT2D eigenvalue weighted by Crippen LogP contribution is 2.29. The summed E-state index contributed by atoms with van der Waals surface area (Å²) >= 11 is 0. The molecule has 4 nitrogen and oxygen atoms in total. The fourth-order valence-electron chi connectivity index (χ4n) is 2.09. The summed E-state index contributed by atoms with van der Waals surface area (Å²) in [5.74, 6) is 6.61. The molecule has 4 heteroatoms. The highest BCUT2D eigenvalue weighted by atomic mass is 16.5. The molecule has 0 aliphatic carbocycles. The Bertz CT molecular complexity index is 371. The normalized spacial score (nSPS) is 17.8. The number of furan rings is 1. The van der Waals surface area contributed by atoms with Crippen molar-refractivity contribution in [2.24, 2.45) is 5.84 Å². The van der Waals surface area contributed by atoms with E-state index >= 15 is 0 Å². The van der Waals surface area contributed by atoms with Gasteiger partial charge in [0.25, 0.3) is 0 Å². The molecule has 1 aromatic heterocycles. The summed E-state index contributed by atoms with van der Waals surface area (Å²) in [6.45, 7) is 2.87. The van der Waals surface area contributed by atoms with E-state index in [-0.39, 0.29) is 6.04 Å². The molecule has 0 saturated carbocycles. The van der Waals surface area contributed by atoms with Gasteiger partial charge in [0.15, 0.2) is 0 Å². The van der Waals surface area contributed by atoms with Crippen molar-refractivity contribution in [2.45, 2.75) is 32.2 Å². The largest absolute Gasteiger partial charge is 0.501 e. The van der Waals surface area contributed by atoms with Crippen LogP contribution in [0.1, 0.15) is 37.1 Å². The Morgan fingerprint density at radius 3 is 3.06 bits per heavy atom. The summed E-state index contributed by atoms with van der Waals surface area (Å²) in [7, 11) is 0. The van der Waals surface area contributed by atoms with E-state index < -0.39 is 0 Å². The number of nitrogens with one attached hydrogen (secondary N) is 1. The van der Waals surface area contributed by atoms with Crippen LogP contribution >= 0.6 is 0 Å². The third-order valence-electron chi connectivity index (χ3n) is 2.91. The first kappa shape index (κ1) is 11.2. The fourth-order valence-corrected chi connectivity index (χ4v) is 2.09. The van der Waals surface area contributed by atoms with E-state index in [4.69, 9.17) is 15.0 Å². The van der Waals surface area contributed by atoms with E-state index in [1.807, 2.05) is 12.3 Å². The third kappa shape index (κ3) is 2.13. The molecule has 0 saturated heterocycles. The van der Waals surface area contributed by atoms with Crippen molar-refractivity contribution in [3.63, 3.8) is 0 Å². The highest BCUT2D eigenvalue weighted by molar-refractivity contribution is 5.30. The van der Waals surface area contributed by atoms with Crippen LogP contribution in [0.4, 0.5) is 0 Å². The van der Waals surface area contributed by atoms with Crippen LogP contribution in [0.15, 0.2) is 28.6 Å². The van der Waals surface area contributed by atoms with Crippen molar-refractivity contribution in [3.8, 4) is 0 Å². The van der Waals surface area contributed by atoms with Gasteiger partial charge in [-0.15, -0.1) is 0 Å². The minimum atomic E-state index is 0.00833. The molecular formula is C12H18N2O2. The van der Waals surface area contributed by atoms with Crippen LogP contribution in [0.2, 0.25) is 0 Å². The molecule has 1 unspecified atom stereocenters. The van der Waals surface area contributed by atoms with Crippen molar-refractivity contribution in [1.29, 1.82) is 0 Å². The predicted octanol–water partition coefficient (Wildman–Crippen LogP) is 2.04. The molecule has 0 fully saturated rings. The minimum absolute atomic E-state index is 0.00833. The van der Waals surface area contributed by atoms with Gasteiger partial charge in [0.05, 0.1) is 25.2 Å². The average molecular weight is 222 g/mol. The molecule has 3 N–H and O–H groups in total. The van der Waals surface area contributed by atoms with Gasteiger partial charge < -0.3 is 9.15 Å². The van der Waals surface area contributed by atoms with Crippen LogP contribution < -0.4 is 11.3 Å². The van der Waals surface area contributed by atoms with Crippen LogP contribution in [-0.2, 0) is 11.2 Å². The molecule has 0 spiro atoms. The van der Waals surface area contributed by atoms with E-state index in [0.717, 1.165) is 37.2 Å². The van der Waals surface area contributed by atoms with Gasteiger partial charge in [-0.2, -0.15) is 0 Å². The second-order valence-electron chi connectivity index (χ2n) is 3.92. The summed E-state index contributed by atoms with van der Waals surface area (Å²) in [4.78, 5) is 0. The number of aryl methyl sites for hydroxylation is 1. The van der Waals surface area contributed by atoms with Gasteiger partial charge in [0.2, 0.25) is 0 Å². The summed E-state index contributed by atoms with van der Waals surface area (Å²) in [5.41, 5.74) is 5.14. The van der Waals surface area contributed by atoms with Crippen molar-refractivity contribution in [2.75, 3.05) is 6.61 Å². The Balaban J connectivity index is 2.24. The summed E-state index contributed by atoms with van der Waals surface area (Å²) in [6.07, 6.45) is 6.46. The smallest absolute Gasteiger partial charge is 0.108 e. The summed E-state index contributed by atoms with van der Waals surface area (Å²) < 4.78 is 10.8. The Morgan fingerprint density at radius 1 is 1.56 bits per heavy atom. The van der Waals surface area contributed by atoms with Gasteiger partial charge in [-0.05, 0) is 24.5 Å². The standard InChI is InChI=1S/C12H18N2O2/c1-2-11-10(5-7-16-11)12(14-13)9-4-3-6-15-8-9/h5,7-8,12,14H,2-4,6,13H2,1H3. The molecule has 0 bridgehead atoms. The Morgan fingerprint density at radius 2 is 2.44 bits per heavy atom. The highest BCUT2D eigenvalue weighted by Gasteiger charge is 2.21. The van der Waals surface area contributed by atoms with Gasteiger partial charge in [0, 0.05) is 12.0 Å². The van der Waals surface area contributed by atoms with Crippen LogP contribution in [0.25, 0.3) is 0 Å². The number of rotatable bonds is 4. The quantitative estimate of drug-likeness (QED) is 0.604. The molecule has 0 radical (unpaired) electrons. The lowest BCUT2D eigenvalue weighted by Crippen LogP contribution is -2.30.